The average Bonchev–Trinajstić information content (AvgIpc) is 2.85. The van der Waals surface area contributed by atoms with E-state index in [-0.39, 0.29) is 25.2 Å². The summed E-state index contributed by atoms with van der Waals surface area (Å²) in [4.78, 5) is 24.0. The van der Waals surface area contributed by atoms with E-state index in [9.17, 15) is 14.7 Å². The van der Waals surface area contributed by atoms with E-state index >= 15 is 0 Å². The zero-order valence-electron chi connectivity index (χ0n) is 24.2. The number of hydrogen-bond acceptors (Lipinski definition) is 5. The van der Waals surface area contributed by atoms with Gasteiger partial charge in [-0.1, -0.05) is 136 Å². The molecule has 0 bridgehead atoms. The van der Waals surface area contributed by atoms with Crippen LogP contribution in [0.3, 0.4) is 0 Å². The molecule has 0 amide bonds. The molecule has 0 rings (SSSR count). The smallest absolute Gasteiger partial charge is 0.306 e. The molecule has 0 heterocycles. The van der Waals surface area contributed by atoms with Crippen LogP contribution >= 0.6 is 0 Å². The van der Waals surface area contributed by atoms with E-state index < -0.39 is 6.10 Å². The van der Waals surface area contributed by atoms with Crippen LogP contribution in [-0.2, 0) is 19.1 Å². The predicted molar refractivity (Wildman–Crippen MR) is 150 cm³/mol. The van der Waals surface area contributed by atoms with Gasteiger partial charge in [0, 0.05) is 12.8 Å². The summed E-state index contributed by atoms with van der Waals surface area (Å²) in [6, 6.07) is 0. The second kappa shape index (κ2) is 26.9. The number of carbonyl (C=O) groups excluding carboxylic acids is 2. The monoisotopic (exact) mass is 512 g/mol. The lowest BCUT2D eigenvalue weighted by Gasteiger charge is -2.15. The molecule has 0 saturated heterocycles. The van der Waals surface area contributed by atoms with Crippen LogP contribution in [0.5, 0.6) is 0 Å². The fourth-order valence-electron chi connectivity index (χ4n) is 4.44. The lowest BCUT2D eigenvalue weighted by atomic mass is 10.0. The fourth-order valence-corrected chi connectivity index (χ4v) is 4.44. The van der Waals surface area contributed by atoms with Gasteiger partial charge in [-0.2, -0.15) is 0 Å². The molecule has 36 heavy (non-hydrogen) atoms. The highest BCUT2D eigenvalue weighted by atomic mass is 16.6. The quantitative estimate of drug-likeness (QED) is 0.0880. The summed E-state index contributed by atoms with van der Waals surface area (Å²) in [5.41, 5.74) is 0. The normalized spacial score (nSPS) is 12.1. The van der Waals surface area contributed by atoms with Crippen molar-refractivity contribution < 1.29 is 24.2 Å². The molecule has 0 aliphatic heterocycles. The molecule has 1 N–H and O–H groups in total. The maximum atomic E-state index is 12.0. The maximum absolute atomic E-state index is 12.0. The van der Waals surface area contributed by atoms with Crippen molar-refractivity contribution >= 4 is 11.9 Å². The van der Waals surface area contributed by atoms with Gasteiger partial charge in [-0.05, 0) is 18.8 Å². The van der Waals surface area contributed by atoms with E-state index in [1.165, 1.54) is 89.9 Å². The molecular weight excluding hydrogens is 452 g/mol. The highest BCUT2D eigenvalue weighted by molar-refractivity contribution is 5.70. The van der Waals surface area contributed by atoms with Crippen LogP contribution in [0.2, 0.25) is 0 Å². The first-order valence-electron chi connectivity index (χ1n) is 15.5. The molecule has 1 atom stereocenters. The molecule has 0 radical (unpaired) electrons. The third kappa shape index (κ3) is 26.0. The van der Waals surface area contributed by atoms with Crippen LogP contribution in [0.25, 0.3) is 0 Å². The van der Waals surface area contributed by atoms with Gasteiger partial charge in [-0.15, -0.1) is 0 Å². The van der Waals surface area contributed by atoms with Gasteiger partial charge in [0.05, 0.1) is 6.61 Å². The number of hydrogen-bond donors (Lipinski definition) is 1. The summed E-state index contributed by atoms with van der Waals surface area (Å²) in [7, 11) is 0. The molecule has 0 saturated carbocycles. The topological polar surface area (TPSA) is 72.8 Å². The first-order chi connectivity index (χ1) is 17.5. The van der Waals surface area contributed by atoms with Gasteiger partial charge in [0.15, 0.2) is 6.10 Å². The molecule has 0 aliphatic carbocycles. The highest BCUT2D eigenvalue weighted by Crippen LogP contribution is 2.14. The van der Waals surface area contributed by atoms with Gasteiger partial charge >= 0.3 is 11.9 Å². The third-order valence-corrected chi connectivity index (χ3v) is 6.83. The Morgan fingerprint density at radius 1 is 0.611 bits per heavy atom. The molecule has 0 unspecified atom stereocenters. The van der Waals surface area contributed by atoms with Gasteiger partial charge in [0.1, 0.15) is 6.61 Å². The molecule has 0 aromatic heterocycles. The van der Waals surface area contributed by atoms with Crippen LogP contribution in [0.4, 0.5) is 0 Å². The molecule has 0 aliphatic rings. The summed E-state index contributed by atoms with van der Waals surface area (Å²) in [5, 5.41) is 9.46. The molecule has 214 valence electrons. The largest absolute Gasteiger partial charge is 0.462 e. The van der Waals surface area contributed by atoms with Gasteiger partial charge in [0.25, 0.3) is 0 Å². The Balaban J connectivity index is 3.58. The van der Waals surface area contributed by atoms with Crippen molar-refractivity contribution in [1.29, 1.82) is 0 Å². The summed E-state index contributed by atoms with van der Waals surface area (Å²) >= 11 is 0. The van der Waals surface area contributed by atoms with Crippen LogP contribution in [-0.4, -0.2) is 36.4 Å². The second-order valence-corrected chi connectivity index (χ2v) is 11.0. The Morgan fingerprint density at radius 2 is 1.03 bits per heavy atom. The summed E-state index contributed by atoms with van der Waals surface area (Å²) in [6.07, 6.45) is 24.4. The van der Waals surface area contributed by atoms with Crippen molar-refractivity contribution in [3.05, 3.63) is 0 Å². The highest BCUT2D eigenvalue weighted by Gasteiger charge is 2.16. The zero-order valence-corrected chi connectivity index (χ0v) is 24.2. The van der Waals surface area contributed by atoms with E-state index in [0.29, 0.717) is 12.8 Å². The van der Waals surface area contributed by atoms with Crippen LogP contribution in [0.15, 0.2) is 0 Å². The zero-order chi connectivity index (χ0) is 26.7. The standard InChI is InChI=1S/C31H60O5/c1-4-5-6-7-8-9-10-11-16-19-22-25-31(34)36-29(26-32)27-35-30(33)24-21-18-15-13-12-14-17-20-23-28(2)3/h28-29,32H,4-27H2,1-3H3/t29-/m0/s1. The molecule has 5 nitrogen and oxygen atoms in total. The summed E-state index contributed by atoms with van der Waals surface area (Å²) in [5.74, 6) is 0.220. The number of unbranched alkanes of at least 4 members (excludes halogenated alkanes) is 17. The first kappa shape index (κ1) is 34.9. The van der Waals surface area contributed by atoms with E-state index in [1.807, 2.05) is 0 Å². The van der Waals surface area contributed by atoms with Crippen LogP contribution in [0, 0.1) is 5.92 Å². The van der Waals surface area contributed by atoms with Crippen molar-refractivity contribution in [3.63, 3.8) is 0 Å². The Morgan fingerprint density at radius 3 is 1.47 bits per heavy atom. The fraction of sp³-hybridized carbons (Fsp3) is 0.935. The van der Waals surface area contributed by atoms with Crippen molar-refractivity contribution in [3.8, 4) is 0 Å². The number of rotatable bonds is 27. The van der Waals surface area contributed by atoms with Crippen molar-refractivity contribution in [2.75, 3.05) is 13.2 Å². The van der Waals surface area contributed by atoms with Crippen molar-refractivity contribution in [2.45, 2.75) is 168 Å². The number of aliphatic hydroxyl groups is 1. The van der Waals surface area contributed by atoms with Crippen molar-refractivity contribution in [2.24, 2.45) is 5.92 Å². The maximum Gasteiger partial charge on any atom is 0.306 e. The minimum absolute atomic E-state index is 0.0598. The minimum atomic E-state index is -0.759. The molecular formula is C31H60O5. The molecule has 0 aromatic rings. The number of esters is 2. The van der Waals surface area contributed by atoms with Gasteiger partial charge in [0.2, 0.25) is 0 Å². The SMILES string of the molecule is CCCCCCCCCCCCCC(=O)O[C@@H](CO)COC(=O)CCCCCCCCCCC(C)C. The second-order valence-electron chi connectivity index (χ2n) is 11.0. The van der Waals surface area contributed by atoms with Crippen LogP contribution in [0.1, 0.15) is 162 Å². The van der Waals surface area contributed by atoms with E-state index in [1.54, 1.807) is 0 Å². The van der Waals surface area contributed by atoms with Gasteiger partial charge in [-0.25, -0.2) is 0 Å². The predicted octanol–water partition coefficient (Wildman–Crippen LogP) is 8.69. The number of aliphatic hydroxyl groups excluding tert-OH is 1. The van der Waals surface area contributed by atoms with E-state index in [4.69, 9.17) is 9.47 Å². The Kier molecular flexibility index (Phi) is 26.1. The number of ether oxygens (including phenoxy) is 2. The summed E-state index contributed by atoms with van der Waals surface area (Å²) < 4.78 is 10.5. The first-order valence-corrected chi connectivity index (χ1v) is 15.5. The number of carbonyl (C=O) groups is 2. The van der Waals surface area contributed by atoms with E-state index in [0.717, 1.165) is 44.4 Å². The molecule has 5 heteroatoms. The van der Waals surface area contributed by atoms with Gasteiger partial charge < -0.3 is 14.6 Å². The lowest BCUT2D eigenvalue weighted by molar-refractivity contribution is -0.161. The molecule has 0 aromatic carbocycles. The van der Waals surface area contributed by atoms with Crippen molar-refractivity contribution in [1.82, 2.24) is 0 Å². The Labute approximate surface area is 223 Å². The van der Waals surface area contributed by atoms with E-state index in [2.05, 4.69) is 20.8 Å². The molecule has 0 spiro atoms. The third-order valence-electron chi connectivity index (χ3n) is 6.83. The average molecular weight is 513 g/mol. The van der Waals surface area contributed by atoms with Crippen LogP contribution < -0.4 is 0 Å². The Bertz CT molecular complexity index is 491. The lowest BCUT2D eigenvalue weighted by Crippen LogP contribution is -2.28. The molecule has 0 fully saturated rings. The summed E-state index contributed by atoms with van der Waals surface area (Å²) in [6.45, 7) is 6.42. The minimum Gasteiger partial charge on any atom is -0.462 e. The van der Waals surface area contributed by atoms with Gasteiger partial charge in [-0.3, -0.25) is 9.59 Å². The Hall–Kier alpha value is -1.10.